The first-order valence-corrected chi connectivity index (χ1v) is 11.1. The van der Waals surface area contributed by atoms with Crippen LogP contribution in [0.2, 0.25) is 0 Å². The lowest BCUT2D eigenvalue weighted by Crippen LogP contribution is -2.66. The van der Waals surface area contributed by atoms with Crippen molar-refractivity contribution in [2.24, 2.45) is 0 Å². The average molecular weight is 510 g/mol. The molecule has 6 unspecified atom stereocenters. The molecule has 14 heteroatoms. The number of hydrogen-bond donors (Lipinski definition) is 9. The van der Waals surface area contributed by atoms with Crippen LogP contribution >= 0.6 is 0 Å². The van der Waals surface area contributed by atoms with E-state index < -0.39 is 92.7 Å². The maximum absolute atomic E-state index is 11.7. The van der Waals surface area contributed by atoms with Crippen LogP contribution in [0.1, 0.15) is 19.8 Å². The predicted octanol–water partition coefficient (Wildman–Crippen LogP) is -5.09. The van der Waals surface area contributed by atoms with Gasteiger partial charge in [0.2, 0.25) is 5.91 Å². The van der Waals surface area contributed by atoms with Crippen molar-refractivity contribution in [3.63, 3.8) is 0 Å². The molecule has 9 N–H and O–H groups in total. The van der Waals surface area contributed by atoms with Gasteiger partial charge in [0.1, 0.15) is 49.3 Å². The number of carbonyl (C=O) groups is 1. The summed E-state index contributed by atoms with van der Waals surface area (Å²) in [5, 5.41) is 82.0. The van der Waals surface area contributed by atoms with Crippen LogP contribution < -0.4 is 5.32 Å². The molecule has 2 aliphatic rings. The van der Waals surface area contributed by atoms with Gasteiger partial charge in [0.05, 0.1) is 32.0 Å². The molecule has 0 saturated carbocycles. The van der Waals surface area contributed by atoms with E-state index in [1.54, 1.807) is 0 Å². The quantitative estimate of drug-likeness (QED) is 0.0939. The Bertz CT molecular complexity index is 720. The number of nitrogens with one attached hydrogen (secondary N) is 1. The predicted molar refractivity (Wildman–Crippen MR) is 114 cm³/mol. The van der Waals surface area contributed by atoms with Crippen LogP contribution in [0.15, 0.2) is 0 Å². The Hall–Kier alpha value is -1.45. The van der Waals surface area contributed by atoms with E-state index >= 15 is 0 Å². The zero-order chi connectivity index (χ0) is 26.3. The summed E-state index contributed by atoms with van der Waals surface area (Å²) < 4.78 is 22.3. The Morgan fingerprint density at radius 2 is 1.89 bits per heavy atom. The van der Waals surface area contributed by atoms with Crippen LogP contribution in [0.3, 0.4) is 0 Å². The van der Waals surface area contributed by atoms with E-state index in [9.17, 15) is 40.5 Å². The van der Waals surface area contributed by atoms with Crippen molar-refractivity contribution in [3.05, 3.63) is 0 Å². The number of hydrogen-bond acceptors (Lipinski definition) is 13. The summed E-state index contributed by atoms with van der Waals surface area (Å²) in [7, 11) is 0. The molecule has 14 nitrogen and oxygen atoms in total. The molecule has 0 radical (unpaired) electrons. The van der Waals surface area contributed by atoms with Crippen molar-refractivity contribution < 1.29 is 64.6 Å². The van der Waals surface area contributed by atoms with Crippen LogP contribution in [0.4, 0.5) is 0 Å². The highest BCUT2D eigenvalue weighted by molar-refractivity contribution is 5.77. The Labute approximate surface area is 202 Å². The van der Waals surface area contributed by atoms with Gasteiger partial charge in [-0.05, 0) is 6.92 Å². The van der Waals surface area contributed by atoms with Crippen molar-refractivity contribution in [3.8, 4) is 12.3 Å². The van der Waals surface area contributed by atoms with Gasteiger partial charge in [0.25, 0.3) is 0 Å². The Morgan fingerprint density at radius 1 is 1.20 bits per heavy atom. The van der Waals surface area contributed by atoms with Crippen LogP contribution in [-0.2, 0) is 23.7 Å². The minimum atomic E-state index is -1.77. The third-order valence-electron chi connectivity index (χ3n) is 5.87. The first kappa shape index (κ1) is 29.8. The molecule has 2 saturated heterocycles. The normalized spacial score (nSPS) is 39.4. The highest BCUT2D eigenvalue weighted by Crippen LogP contribution is 2.34. The van der Waals surface area contributed by atoms with Crippen LogP contribution in [-0.4, -0.2) is 140 Å². The third-order valence-corrected chi connectivity index (χ3v) is 5.87. The molecule has 202 valence electrons. The molecule has 35 heavy (non-hydrogen) atoms. The molecular formula is C21H35NO13. The van der Waals surface area contributed by atoms with Gasteiger partial charge in [-0.1, -0.05) is 0 Å². The van der Waals surface area contributed by atoms with Crippen LogP contribution in [0.25, 0.3) is 0 Å². The number of aliphatic hydroxyl groups is 8. The van der Waals surface area contributed by atoms with Gasteiger partial charge in [-0.2, -0.15) is 0 Å². The summed E-state index contributed by atoms with van der Waals surface area (Å²) in [6.07, 6.45) is -8.52. The second-order valence-corrected chi connectivity index (χ2v) is 8.63. The van der Waals surface area contributed by atoms with E-state index in [1.165, 1.54) is 6.92 Å². The number of carbonyl (C=O) groups excluding carboxylic acids is 1. The van der Waals surface area contributed by atoms with Gasteiger partial charge in [-0.3, -0.25) is 4.79 Å². The highest BCUT2D eigenvalue weighted by Gasteiger charge is 2.51. The highest BCUT2D eigenvalue weighted by atomic mass is 16.7. The lowest BCUT2D eigenvalue weighted by Gasteiger charge is -2.48. The van der Waals surface area contributed by atoms with Crippen LogP contribution in [0, 0.1) is 12.3 Å². The second kappa shape index (κ2) is 13.2. The maximum atomic E-state index is 11.7. The summed E-state index contributed by atoms with van der Waals surface area (Å²) in [5.74, 6) is -0.195. The van der Waals surface area contributed by atoms with Gasteiger partial charge in [-0.15, -0.1) is 12.3 Å². The van der Waals surface area contributed by atoms with E-state index in [-0.39, 0.29) is 19.4 Å². The largest absolute Gasteiger partial charge is 0.394 e. The van der Waals surface area contributed by atoms with Crippen molar-refractivity contribution in [1.29, 1.82) is 0 Å². The van der Waals surface area contributed by atoms with Crippen molar-refractivity contribution >= 4 is 5.91 Å². The monoisotopic (exact) mass is 509 g/mol. The number of terminal acetylenes is 1. The first-order valence-electron chi connectivity index (χ1n) is 11.1. The molecule has 0 aromatic rings. The smallest absolute Gasteiger partial charge is 0.246 e. The number of aliphatic hydroxyl groups excluding tert-OH is 8. The molecule has 0 aromatic carbocycles. The topological polar surface area (TPSA) is 228 Å². The summed E-state index contributed by atoms with van der Waals surface area (Å²) in [6, 6.07) is -1.27. The Morgan fingerprint density at radius 3 is 2.49 bits per heavy atom. The maximum Gasteiger partial charge on any atom is 0.246 e. The molecule has 2 rings (SSSR count). The van der Waals surface area contributed by atoms with E-state index in [4.69, 9.17) is 30.5 Å². The lowest BCUT2D eigenvalue weighted by molar-refractivity contribution is -0.340. The molecule has 2 fully saturated rings. The van der Waals surface area contributed by atoms with Crippen molar-refractivity contribution in [2.75, 3.05) is 26.4 Å². The first-order chi connectivity index (χ1) is 16.5. The fourth-order valence-corrected chi connectivity index (χ4v) is 3.93. The number of rotatable bonds is 11. The Kier molecular flexibility index (Phi) is 11.2. The van der Waals surface area contributed by atoms with Gasteiger partial charge < -0.3 is 65.1 Å². The third kappa shape index (κ3) is 7.52. The molecule has 11 atom stereocenters. The summed E-state index contributed by atoms with van der Waals surface area (Å²) in [5.41, 5.74) is 0. The minimum Gasteiger partial charge on any atom is -0.394 e. The van der Waals surface area contributed by atoms with Gasteiger partial charge >= 0.3 is 0 Å². The van der Waals surface area contributed by atoms with Crippen LogP contribution in [0.5, 0.6) is 0 Å². The van der Waals surface area contributed by atoms with E-state index in [0.717, 1.165) is 0 Å². The summed E-state index contributed by atoms with van der Waals surface area (Å²) in [4.78, 5) is 11.7. The second-order valence-electron chi connectivity index (χ2n) is 8.63. The van der Waals surface area contributed by atoms with Gasteiger partial charge in [-0.25, -0.2) is 0 Å². The molecule has 2 heterocycles. The molecule has 0 aromatic heterocycles. The van der Waals surface area contributed by atoms with E-state index in [2.05, 4.69) is 11.2 Å². The van der Waals surface area contributed by atoms with Crippen molar-refractivity contribution in [2.45, 2.75) is 86.7 Å². The fourth-order valence-electron chi connectivity index (χ4n) is 3.93. The Balaban J connectivity index is 2.13. The standard InChI is InChI=1S/C21H35NO13/c1-3-4-5-32-20-18(31)17(30)16(29)12(34-20)9-33-21(2)6-10(25)14(22-13(27)8-24)19(35-21)15(28)11(26)7-23/h1,10-12,14-20,23-26,28-31H,4-9H2,2H3,(H,22,27)/t10-,11+,12?,14?,15?,16?,17?,18+,19+,20?,21+/m0/s1. The molecule has 0 aliphatic carbocycles. The molecular weight excluding hydrogens is 474 g/mol. The summed E-state index contributed by atoms with van der Waals surface area (Å²) >= 11 is 0. The zero-order valence-corrected chi connectivity index (χ0v) is 19.2. The zero-order valence-electron chi connectivity index (χ0n) is 19.2. The number of ether oxygens (including phenoxy) is 4. The molecule has 1 amide bonds. The molecule has 0 bridgehead atoms. The fraction of sp³-hybridized carbons (Fsp3) is 0.857. The van der Waals surface area contributed by atoms with E-state index in [1.807, 2.05) is 0 Å². The minimum absolute atomic E-state index is 0.0232. The van der Waals surface area contributed by atoms with Crippen molar-refractivity contribution in [1.82, 2.24) is 5.32 Å². The van der Waals surface area contributed by atoms with Gasteiger partial charge in [0.15, 0.2) is 12.1 Å². The molecule has 0 spiro atoms. The SMILES string of the molecule is C#CCCOC1OC(CO[C@@]2(C)C[C@H](O)C(NC(=O)CO)[C@H](C(O)[C@H](O)CO)O2)C(O)C(O)[C@H]1O. The average Bonchev–Trinajstić information content (AvgIpc) is 2.83. The molecule has 2 aliphatic heterocycles. The van der Waals surface area contributed by atoms with E-state index in [0.29, 0.717) is 0 Å². The number of amides is 1. The lowest BCUT2D eigenvalue weighted by atomic mass is 9.89. The summed E-state index contributed by atoms with van der Waals surface area (Å²) in [6.45, 7) is -0.777. The van der Waals surface area contributed by atoms with Gasteiger partial charge in [0, 0.05) is 12.8 Å².